The summed E-state index contributed by atoms with van der Waals surface area (Å²) in [7, 11) is 0. The topological polar surface area (TPSA) is 50.9 Å². The van der Waals surface area contributed by atoms with E-state index in [9.17, 15) is 0 Å². The highest BCUT2D eigenvalue weighted by atomic mass is 32.1. The van der Waals surface area contributed by atoms with Crippen molar-refractivity contribution < 1.29 is 0 Å². The van der Waals surface area contributed by atoms with Crippen molar-refractivity contribution in [3.8, 4) is 0 Å². The largest absolute Gasteiger partial charge is 0.399 e. The molecule has 1 heterocycles. The molecule has 0 bridgehead atoms. The number of rotatable bonds is 5. The lowest BCUT2D eigenvalue weighted by Gasteiger charge is -2.09. The van der Waals surface area contributed by atoms with Gasteiger partial charge in [0.15, 0.2) is 0 Å². The number of aromatic nitrogens is 1. The second-order valence-corrected chi connectivity index (χ2v) is 4.76. The summed E-state index contributed by atoms with van der Waals surface area (Å²) in [5, 5.41) is 5.51. The Morgan fingerprint density at radius 3 is 3.06 bits per heavy atom. The fourth-order valence-corrected chi connectivity index (χ4v) is 2.29. The first-order valence-corrected chi connectivity index (χ1v) is 6.63. The van der Waals surface area contributed by atoms with Gasteiger partial charge in [0.25, 0.3) is 0 Å². The molecule has 3 N–H and O–H groups in total. The number of anilines is 1. The number of hydrogen-bond donors (Lipinski definition) is 2. The van der Waals surface area contributed by atoms with Gasteiger partial charge in [0.05, 0.1) is 11.2 Å². The van der Waals surface area contributed by atoms with Crippen LogP contribution >= 0.6 is 11.3 Å². The predicted molar refractivity (Wildman–Crippen MR) is 73.1 cm³/mol. The Hall–Kier alpha value is -1.39. The summed E-state index contributed by atoms with van der Waals surface area (Å²) in [5.74, 6) is 0. The summed E-state index contributed by atoms with van der Waals surface area (Å²) in [4.78, 5) is 4.25. The maximum Gasteiger partial charge on any atom is 0.0794 e. The van der Waals surface area contributed by atoms with E-state index in [1.807, 2.05) is 17.6 Å². The Kier molecular flexibility index (Phi) is 4.12. The summed E-state index contributed by atoms with van der Waals surface area (Å²) in [6, 6.07) is 6.05. The molecule has 0 aliphatic rings. The molecule has 0 atom stereocenters. The van der Waals surface area contributed by atoms with E-state index in [1.165, 1.54) is 11.1 Å². The normalized spacial score (nSPS) is 10.6. The smallest absolute Gasteiger partial charge is 0.0794 e. The molecular formula is C13H17N3S. The minimum atomic E-state index is 0.862. The van der Waals surface area contributed by atoms with E-state index in [2.05, 4.69) is 28.7 Å². The van der Waals surface area contributed by atoms with Gasteiger partial charge < -0.3 is 11.1 Å². The third kappa shape index (κ3) is 3.28. The summed E-state index contributed by atoms with van der Waals surface area (Å²) in [5.41, 5.74) is 12.2. The van der Waals surface area contributed by atoms with E-state index < -0.39 is 0 Å². The van der Waals surface area contributed by atoms with Gasteiger partial charge in [0.1, 0.15) is 0 Å². The maximum atomic E-state index is 5.87. The van der Waals surface area contributed by atoms with Crippen molar-refractivity contribution in [3.05, 3.63) is 45.9 Å². The maximum absolute atomic E-state index is 5.87. The lowest BCUT2D eigenvalue weighted by Crippen LogP contribution is -2.17. The van der Waals surface area contributed by atoms with E-state index >= 15 is 0 Å². The van der Waals surface area contributed by atoms with Gasteiger partial charge in [-0.3, -0.25) is 0 Å². The molecule has 17 heavy (non-hydrogen) atoms. The zero-order chi connectivity index (χ0) is 12.1. The zero-order valence-electron chi connectivity index (χ0n) is 9.94. The highest BCUT2D eigenvalue weighted by Crippen LogP contribution is 2.14. The van der Waals surface area contributed by atoms with E-state index in [-0.39, 0.29) is 0 Å². The van der Waals surface area contributed by atoms with Crippen LogP contribution in [0.3, 0.4) is 0 Å². The van der Waals surface area contributed by atoms with Crippen LogP contribution in [-0.2, 0) is 13.0 Å². The number of nitrogen functional groups attached to an aromatic ring is 1. The van der Waals surface area contributed by atoms with E-state index in [4.69, 9.17) is 5.73 Å². The van der Waals surface area contributed by atoms with Crippen molar-refractivity contribution in [2.24, 2.45) is 0 Å². The van der Waals surface area contributed by atoms with Crippen molar-refractivity contribution in [1.82, 2.24) is 10.3 Å². The Labute approximate surface area is 106 Å². The molecule has 90 valence electrons. The third-order valence-corrected chi connectivity index (χ3v) is 3.48. The minimum absolute atomic E-state index is 0.862. The lowest BCUT2D eigenvalue weighted by molar-refractivity contribution is 0.679. The van der Waals surface area contributed by atoms with Gasteiger partial charge >= 0.3 is 0 Å². The van der Waals surface area contributed by atoms with Crippen molar-refractivity contribution in [2.45, 2.75) is 19.9 Å². The van der Waals surface area contributed by atoms with Crippen LogP contribution in [0.4, 0.5) is 5.69 Å². The second-order valence-electron chi connectivity index (χ2n) is 4.04. The van der Waals surface area contributed by atoms with Crippen molar-refractivity contribution in [2.75, 3.05) is 12.3 Å². The first-order chi connectivity index (χ1) is 8.27. The van der Waals surface area contributed by atoms with Gasteiger partial charge in [-0.2, -0.15) is 0 Å². The van der Waals surface area contributed by atoms with Gasteiger partial charge in [-0.15, -0.1) is 11.3 Å². The van der Waals surface area contributed by atoms with Gasteiger partial charge in [0.2, 0.25) is 0 Å². The van der Waals surface area contributed by atoms with E-state index in [1.54, 1.807) is 11.3 Å². The highest BCUT2D eigenvalue weighted by Gasteiger charge is 2.00. The zero-order valence-corrected chi connectivity index (χ0v) is 10.8. The average molecular weight is 247 g/mol. The molecule has 1 aromatic heterocycles. The molecule has 0 aliphatic heterocycles. The molecule has 0 radical (unpaired) electrons. The van der Waals surface area contributed by atoms with Crippen LogP contribution in [0, 0.1) is 6.92 Å². The molecule has 0 amide bonds. The second kappa shape index (κ2) is 5.80. The van der Waals surface area contributed by atoms with Crippen LogP contribution in [0.1, 0.15) is 16.8 Å². The Bertz CT molecular complexity index is 466. The summed E-state index contributed by atoms with van der Waals surface area (Å²) >= 11 is 1.64. The molecule has 0 unspecified atom stereocenters. The van der Waals surface area contributed by atoms with Crippen LogP contribution in [0.2, 0.25) is 0 Å². The monoisotopic (exact) mass is 247 g/mol. The molecule has 4 heteroatoms. The first-order valence-electron chi connectivity index (χ1n) is 5.69. The molecule has 0 saturated carbocycles. The number of benzene rings is 1. The van der Waals surface area contributed by atoms with Crippen LogP contribution in [0.25, 0.3) is 0 Å². The molecule has 2 aromatic rings. The van der Waals surface area contributed by atoms with Crippen LogP contribution in [0.5, 0.6) is 0 Å². The SMILES string of the molecule is Cc1c(N)cccc1CNCCc1cscn1. The summed E-state index contributed by atoms with van der Waals surface area (Å²) in [6.07, 6.45) is 0.977. The lowest BCUT2D eigenvalue weighted by atomic mass is 10.1. The van der Waals surface area contributed by atoms with E-state index in [0.29, 0.717) is 0 Å². The number of hydrogen-bond acceptors (Lipinski definition) is 4. The summed E-state index contributed by atoms with van der Waals surface area (Å²) in [6.45, 7) is 3.87. The number of nitrogens with zero attached hydrogens (tertiary/aromatic N) is 1. The average Bonchev–Trinajstić information content (AvgIpc) is 2.83. The van der Waals surface area contributed by atoms with Crippen LogP contribution < -0.4 is 11.1 Å². The molecular weight excluding hydrogens is 230 g/mol. The molecule has 3 nitrogen and oxygen atoms in total. The van der Waals surface area contributed by atoms with Gasteiger partial charge in [0, 0.05) is 30.6 Å². The fourth-order valence-electron chi connectivity index (χ4n) is 1.70. The van der Waals surface area contributed by atoms with Crippen molar-refractivity contribution >= 4 is 17.0 Å². The number of nitrogens with two attached hydrogens (primary N) is 1. The number of nitrogens with one attached hydrogen (secondary N) is 1. The van der Waals surface area contributed by atoms with Gasteiger partial charge in [-0.05, 0) is 24.1 Å². The van der Waals surface area contributed by atoms with Crippen LogP contribution in [0.15, 0.2) is 29.1 Å². The van der Waals surface area contributed by atoms with E-state index in [0.717, 1.165) is 30.9 Å². The number of thiazole rings is 1. The summed E-state index contributed by atoms with van der Waals surface area (Å²) < 4.78 is 0. The Morgan fingerprint density at radius 1 is 1.41 bits per heavy atom. The first kappa shape index (κ1) is 12.1. The van der Waals surface area contributed by atoms with Gasteiger partial charge in [-0.1, -0.05) is 12.1 Å². The fraction of sp³-hybridized carbons (Fsp3) is 0.308. The third-order valence-electron chi connectivity index (χ3n) is 2.84. The molecule has 2 rings (SSSR count). The van der Waals surface area contributed by atoms with Gasteiger partial charge in [-0.25, -0.2) is 4.98 Å². The highest BCUT2D eigenvalue weighted by molar-refractivity contribution is 7.07. The van der Waals surface area contributed by atoms with Crippen molar-refractivity contribution in [3.63, 3.8) is 0 Å². The predicted octanol–water partition coefficient (Wildman–Crippen LogP) is 2.37. The molecule has 0 fully saturated rings. The Morgan fingerprint density at radius 2 is 2.29 bits per heavy atom. The molecule has 1 aromatic carbocycles. The molecule has 0 spiro atoms. The minimum Gasteiger partial charge on any atom is -0.399 e. The Balaban J connectivity index is 1.80. The van der Waals surface area contributed by atoms with Crippen molar-refractivity contribution in [1.29, 1.82) is 0 Å². The quantitative estimate of drug-likeness (QED) is 0.630. The molecule has 0 aliphatic carbocycles. The molecule has 0 saturated heterocycles. The standard InChI is InChI=1S/C13H17N3S/c1-10-11(3-2-4-13(10)14)7-15-6-5-12-8-17-9-16-12/h2-4,8-9,15H,5-7,14H2,1H3. The van der Waals surface area contributed by atoms with Crippen LogP contribution in [-0.4, -0.2) is 11.5 Å².